The van der Waals surface area contributed by atoms with Crippen LogP contribution in [0.5, 0.6) is 0 Å². The molecule has 0 atom stereocenters. The fourth-order valence-electron chi connectivity index (χ4n) is 2.12. The molecule has 3 rings (SSSR count). The monoisotopic (exact) mass is 257 g/mol. The van der Waals surface area contributed by atoms with Gasteiger partial charge in [0.2, 0.25) is 0 Å². The van der Waals surface area contributed by atoms with Gasteiger partial charge < -0.3 is 10.3 Å². The zero-order valence-corrected chi connectivity index (χ0v) is 10.6. The van der Waals surface area contributed by atoms with Crippen molar-refractivity contribution in [2.24, 2.45) is 7.05 Å². The number of anilines is 1. The number of aryl methyl sites for hydroxylation is 1. The summed E-state index contributed by atoms with van der Waals surface area (Å²) in [6.45, 7) is 0. The van der Waals surface area contributed by atoms with Crippen LogP contribution < -0.4 is 5.73 Å². The van der Waals surface area contributed by atoms with E-state index in [9.17, 15) is 0 Å². The lowest BCUT2D eigenvalue weighted by Crippen LogP contribution is -1.97. The summed E-state index contributed by atoms with van der Waals surface area (Å²) in [6, 6.07) is 13.6. The van der Waals surface area contributed by atoms with Crippen molar-refractivity contribution in [1.82, 2.24) is 9.55 Å². The number of aromatic nitrogens is 2. The average Bonchev–Trinajstić information content (AvgIpc) is 2.71. The van der Waals surface area contributed by atoms with Gasteiger partial charge in [-0.3, -0.25) is 0 Å². The Balaban J connectivity index is 2.32. The van der Waals surface area contributed by atoms with Gasteiger partial charge in [-0.15, -0.1) is 0 Å². The Hall–Kier alpha value is -2.00. The van der Waals surface area contributed by atoms with Crippen LogP contribution in [0.3, 0.4) is 0 Å². The van der Waals surface area contributed by atoms with Crippen LogP contribution in [0.25, 0.3) is 22.4 Å². The summed E-state index contributed by atoms with van der Waals surface area (Å²) in [5.74, 6) is 0.830. The summed E-state index contributed by atoms with van der Waals surface area (Å²) in [5, 5.41) is 0.555. The molecule has 3 aromatic rings. The molecule has 0 bridgehead atoms. The van der Waals surface area contributed by atoms with Crippen molar-refractivity contribution < 1.29 is 0 Å². The molecule has 0 aliphatic heterocycles. The number of hydrogen-bond acceptors (Lipinski definition) is 2. The molecule has 0 saturated heterocycles. The van der Waals surface area contributed by atoms with Gasteiger partial charge in [0.15, 0.2) is 0 Å². The first-order valence-corrected chi connectivity index (χ1v) is 6.02. The van der Waals surface area contributed by atoms with Crippen molar-refractivity contribution in [2.75, 3.05) is 5.73 Å². The zero-order valence-electron chi connectivity index (χ0n) is 9.89. The first-order chi connectivity index (χ1) is 8.68. The molecule has 1 aromatic heterocycles. The lowest BCUT2D eigenvalue weighted by atomic mass is 10.1. The molecule has 0 aliphatic rings. The van der Waals surface area contributed by atoms with Crippen molar-refractivity contribution in [2.45, 2.75) is 0 Å². The van der Waals surface area contributed by atoms with Crippen LogP contribution in [0.2, 0.25) is 5.02 Å². The second-order valence-corrected chi connectivity index (χ2v) is 4.59. The second-order valence-electron chi connectivity index (χ2n) is 4.18. The number of rotatable bonds is 1. The summed E-state index contributed by atoms with van der Waals surface area (Å²) in [5.41, 5.74) is 9.48. The molecule has 0 spiro atoms. The van der Waals surface area contributed by atoms with Crippen LogP contribution in [0.15, 0.2) is 42.5 Å². The van der Waals surface area contributed by atoms with Crippen molar-refractivity contribution in [3.8, 4) is 11.4 Å². The smallest absolute Gasteiger partial charge is 0.143 e. The van der Waals surface area contributed by atoms with Crippen LogP contribution in [0.4, 0.5) is 5.69 Å². The predicted octanol–water partition coefficient (Wildman–Crippen LogP) is 3.48. The van der Waals surface area contributed by atoms with E-state index in [-0.39, 0.29) is 0 Å². The number of fused-ring (bicyclic) bond motifs is 1. The number of nitrogens with two attached hydrogens (primary N) is 1. The van der Waals surface area contributed by atoms with Gasteiger partial charge in [-0.25, -0.2) is 4.98 Å². The van der Waals surface area contributed by atoms with Gasteiger partial charge in [-0.2, -0.15) is 0 Å². The summed E-state index contributed by atoms with van der Waals surface area (Å²) in [4.78, 5) is 4.61. The minimum absolute atomic E-state index is 0.555. The highest BCUT2D eigenvalue weighted by Gasteiger charge is 2.13. The maximum Gasteiger partial charge on any atom is 0.143 e. The number of nitrogen functional groups attached to an aromatic ring is 1. The quantitative estimate of drug-likeness (QED) is 0.679. The molecular formula is C14H12ClN3. The molecule has 90 valence electrons. The molecular weight excluding hydrogens is 246 g/mol. The lowest BCUT2D eigenvalue weighted by Gasteiger charge is -2.07. The van der Waals surface area contributed by atoms with Gasteiger partial charge >= 0.3 is 0 Å². The largest absolute Gasteiger partial charge is 0.397 e. The SMILES string of the molecule is Cn1c(-c2cccc(Cl)c2N)nc2ccccc21. The van der Waals surface area contributed by atoms with Gasteiger partial charge in [0.25, 0.3) is 0 Å². The Labute approximate surface area is 110 Å². The van der Waals surface area contributed by atoms with E-state index < -0.39 is 0 Å². The van der Waals surface area contributed by atoms with E-state index in [0.29, 0.717) is 10.7 Å². The minimum atomic E-state index is 0.555. The van der Waals surface area contributed by atoms with E-state index in [1.165, 1.54) is 0 Å². The number of halogens is 1. The maximum absolute atomic E-state index is 6.05. The molecule has 4 heteroatoms. The Morgan fingerprint density at radius 3 is 2.67 bits per heavy atom. The standard InChI is InChI=1S/C14H12ClN3/c1-18-12-8-3-2-7-11(12)17-14(18)9-5-4-6-10(15)13(9)16/h2-8H,16H2,1H3. The number of imidazole rings is 1. The normalized spacial score (nSPS) is 11.0. The van der Waals surface area contributed by atoms with Crippen molar-refractivity contribution in [3.63, 3.8) is 0 Å². The molecule has 1 heterocycles. The van der Waals surface area contributed by atoms with E-state index in [0.717, 1.165) is 22.4 Å². The second kappa shape index (κ2) is 4.03. The highest BCUT2D eigenvalue weighted by molar-refractivity contribution is 6.33. The van der Waals surface area contributed by atoms with Crippen LogP contribution in [-0.2, 0) is 7.05 Å². The highest BCUT2D eigenvalue weighted by atomic mass is 35.5. The topological polar surface area (TPSA) is 43.8 Å². The Bertz CT molecular complexity index is 731. The van der Waals surface area contributed by atoms with Crippen molar-refractivity contribution in [1.29, 1.82) is 0 Å². The third-order valence-corrected chi connectivity index (χ3v) is 3.41. The van der Waals surface area contributed by atoms with Crippen LogP contribution in [-0.4, -0.2) is 9.55 Å². The zero-order chi connectivity index (χ0) is 12.7. The predicted molar refractivity (Wildman–Crippen MR) is 75.6 cm³/mol. The molecule has 0 fully saturated rings. The molecule has 2 aromatic carbocycles. The first-order valence-electron chi connectivity index (χ1n) is 5.64. The Morgan fingerprint density at radius 2 is 1.89 bits per heavy atom. The summed E-state index contributed by atoms with van der Waals surface area (Å²) < 4.78 is 2.03. The van der Waals surface area contributed by atoms with Gasteiger partial charge in [-0.05, 0) is 24.3 Å². The van der Waals surface area contributed by atoms with Crippen LogP contribution in [0.1, 0.15) is 0 Å². The number of nitrogens with zero attached hydrogens (tertiary/aromatic N) is 2. The van der Waals surface area contributed by atoms with Gasteiger partial charge in [0.1, 0.15) is 5.82 Å². The Kier molecular flexibility index (Phi) is 2.49. The van der Waals surface area contributed by atoms with Crippen LogP contribution >= 0.6 is 11.6 Å². The van der Waals surface area contributed by atoms with E-state index >= 15 is 0 Å². The molecule has 2 N–H and O–H groups in total. The highest BCUT2D eigenvalue weighted by Crippen LogP contribution is 2.32. The van der Waals surface area contributed by atoms with Crippen molar-refractivity contribution in [3.05, 3.63) is 47.5 Å². The fraction of sp³-hybridized carbons (Fsp3) is 0.0714. The molecule has 0 radical (unpaired) electrons. The average molecular weight is 258 g/mol. The number of para-hydroxylation sites is 3. The Morgan fingerprint density at radius 1 is 1.11 bits per heavy atom. The number of hydrogen-bond donors (Lipinski definition) is 1. The van der Waals surface area contributed by atoms with Gasteiger partial charge in [-0.1, -0.05) is 29.8 Å². The molecule has 18 heavy (non-hydrogen) atoms. The third kappa shape index (κ3) is 1.56. The molecule has 0 aliphatic carbocycles. The molecule has 0 unspecified atom stereocenters. The summed E-state index contributed by atoms with van der Waals surface area (Å²) in [6.07, 6.45) is 0. The first kappa shape index (κ1) is 11.1. The number of benzene rings is 2. The molecule has 3 nitrogen and oxygen atoms in total. The molecule has 0 amide bonds. The van der Waals surface area contributed by atoms with Gasteiger partial charge in [0.05, 0.1) is 21.7 Å². The van der Waals surface area contributed by atoms with E-state index in [1.54, 1.807) is 6.07 Å². The van der Waals surface area contributed by atoms with Gasteiger partial charge in [0, 0.05) is 12.6 Å². The van der Waals surface area contributed by atoms with E-state index in [2.05, 4.69) is 4.98 Å². The van der Waals surface area contributed by atoms with Crippen molar-refractivity contribution >= 4 is 28.3 Å². The maximum atomic E-state index is 6.05. The van der Waals surface area contributed by atoms with Crippen LogP contribution in [0, 0.1) is 0 Å². The van der Waals surface area contributed by atoms with E-state index in [4.69, 9.17) is 17.3 Å². The molecule has 0 saturated carbocycles. The fourth-order valence-corrected chi connectivity index (χ4v) is 2.29. The lowest BCUT2D eigenvalue weighted by molar-refractivity contribution is 0.960. The minimum Gasteiger partial charge on any atom is -0.397 e. The summed E-state index contributed by atoms with van der Waals surface area (Å²) in [7, 11) is 1.98. The summed E-state index contributed by atoms with van der Waals surface area (Å²) >= 11 is 6.05. The van der Waals surface area contributed by atoms with E-state index in [1.807, 2.05) is 48.0 Å². The third-order valence-electron chi connectivity index (χ3n) is 3.08.